The lowest BCUT2D eigenvalue weighted by Gasteiger charge is -2.21. The highest BCUT2D eigenvalue weighted by atomic mass is 31.2. The van der Waals surface area contributed by atoms with Crippen LogP contribution >= 0.6 is 15.6 Å². The summed E-state index contributed by atoms with van der Waals surface area (Å²) in [5, 5.41) is 10.7. The van der Waals surface area contributed by atoms with Crippen LogP contribution in [-0.2, 0) is 65.4 Å². The third-order valence-corrected chi connectivity index (χ3v) is 21.7. The molecule has 0 aromatic rings. The van der Waals surface area contributed by atoms with Crippen LogP contribution in [0.4, 0.5) is 0 Å². The number of aliphatic hydroxyl groups excluding tert-OH is 1. The first-order valence-electron chi connectivity index (χ1n) is 44.3. The highest BCUT2D eigenvalue weighted by Gasteiger charge is 2.30. The van der Waals surface area contributed by atoms with Crippen LogP contribution in [0.25, 0.3) is 0 Å². The topological polar surface area (TPSA) is 237 Å². The SMILES string of the molecule is CCCCCC/C=C\C=C/CCCCCCCC(=O)O[C@H](COC(=O)CCCCCCCCCCCCCCC)COP(=O)(O)OC[C@H](O)COP(=O)(O)OC[C@@H](COC(=O)CCCCCCCCCCCCCCCCC(C)C)OC(=O)CCCCCCCCCCCCCCCCCCCCC(C)C. The fourth-order valence-electron chi connectivity index (χ4n) is 13.1. The summed E-state index contributed by atoms with van der Waals surface area (Å²) in [6, 6.07) is 0. The van der Waals surface area contributed by atoms with E-state index in [1.807, 2.05) is 0 Å². The molecule has 0 saturated heterocycles. The first kappa shape index (κ1) is 104. The fourth-order valence-corrected chi connectivity index (χ4v) is 14.6. The molecular formula is C87H166O17P2. The second kappa shape index (κ2) is 77.8. The molecule has 106 heavy (non-hydrogen) atoms. The predicted molar refractivity (Wildman–Crippen MR) is 437 cm³/mol. The summed E-state index contributed by atoms with van der Waals surface area (Å²) in [4.78, 5) is 73.3. The molecule has 0 radical (unpaired) electrons. The number of carbonyl (C=O) groups is 4. The maximum absolute atomic E-state index is 13.2. The van der Waals surface area contributed by atoms with Gasteiger partial charge in [0.1, 0.15) is 19.3 Å². The van der Waals surface area contributed by atoms with Gasteiger partial charge in [-0.25, -0.2) is 9.13 Å². The van der Waals surface area contributed by atoms with Crippen LogP contribution in [0.1, 0.15) is 440 Å². The van der Waals surface area contributed by atoms with E-state index in [1.165, 1.54) is 244 Å². The van der Waals surface area contributed by atoms with Crippen molar-refractivity contribution in [1.82, 2.24) is 0 Å². The molecule has 0 amide bonds. The molecule has 0 bridgehead atoms. The van der Waals surface area contributed by atoms with Gasteiger partial charge in [-0.05, 0) is 63.2 Å². The minimum absolute atomic E-state index is 0.0857. The average molecular weight is 1550 g/mol. The predicted octanol–water partition coefficient (Wildman–Crippen LogP) is 26.2. The standard InChI is InChI=1S/C87H166O17P2/c1-7-9-11-13-15-17-19-21-26-35-41-47-53-59-65-71-86(91)103-82(75-97-84(89)69-63-57-51-45-39-31-20-18-16-14-12-10-8-2)77-101-105(93,94)99-73-81(88)74-100-106(95,96)102-78-83(76-98-85(90)70-64-58-52-46-40-34-30-29-33-38-44-50-56-62-68-80(5)6)104-87(92)72-66-60-54-48-42-36-28-25-23-22-24-27-32-37-43-49-55-61-67-79(3)4/h17,19,21,26,79-83,88H,7-16,18,20,22-25,27-78H2,1-6H3,(H,93,94)(H,95,96)/b19-17-,26-21-/t81-,82+,83+/m0/s1. The summed E-state index contributed by atoms with van der Waals surface area (Å²) in [6.45, 7) is 9.67. The normalized spacial score (nSPS) is 14.0. The van der Waals surface area contributed by atoms with Crippen molar-refractivity contribution in [3.63, 3.8) is 0 Å². The van der Waals surface area contributed by atoms with Gasteiger partial charge >= 0.3 is 39.5 Å². The van der Waals surface area contributed by atoms with E-state index in [2.05, 4.69) is 65.8 Å². The highest BCUT2D eigenvalue weighted by Crippen LogP contribution is 2.45. The summed E-state index contributed by atoms with van der Waals surface area (Å²) >= 11 is 0. The van der Waals surface area contributed by atoms with E-state index in [9.17, 15) is 43.2 Å². The fraction of sp³-hybridized carbons (Fsp3) is 0.908. The maximum atomic E-state index is 13.2. The number of allylic oxidation sites excluding steroid dienone is 4. The molecule has 0 aliphatic carbocycles. The van der Waals surface area contributed by atoms with Gasteiger partial charge in [-0.2, -0.15) is 0 Å². The lowest BCUT2D eigenvalue weighted by Crippen LogP contribution is -2.30. The second-order valence-corrected chi connectivity index (χ2v) is 34.5. The Kier molecular flexibility index (Phi) is 76.0. The summed E-state index contributed by atoms with van der Waals surface area (Å²) in [5.74, 6) is -0.513. The number of esters is 4. The summed E-state index contributed by atoms with van der Waals surface area (Å²) < 4.78 is 68.9. The van der Waals surface area contributed by atoms with Crippen LogP contribution in [0.15, 0.2) is 24.3 Å². The Morgan fingerprint density at radius 1 is 0.292 bits per heavy atom. The van der Waals surface area contributed by atoms with Gasteiger partial charge in [-0.1, -0.05) is 387 Å². The van der Waals surface area contributed by atoms with E-state index < -0.39 is 97.5 Å². The first-order valence-corrected chi connectivity index (χ1v) is 47.3. The Morgan fingerprint density at radius 3 is 0.774 bits per heavy atom. The van der Waals surface area contributed by atoms with E-state index >= 15 is 0 Å². The molecule has 0 saturated carbocycles. The van der Waals surface area contributed by atoms with Crippen molar-refractivity contribution in [2.45, 2.75) is 458 Å². The minimum Gasteiger partial charge on any atom is -0.462 e. The van der Waals surface area contributed by atoms with Gasteiger partial charge in [-0.15, -0.1) is 0 Å². The monoisotopic (exact) mass is 1550 g/mol. The van der Waals surface area contributed by atoms with Gasteiger partial charge in [-0.3, -0.25) is 37.3 Å². The molecule has 0 heterocycles. The molecular weight excluding hydrogens is 1380 g/mol. The molecule has 19 heteroatoms. The number of hydrogen-bond donors (Lipinski definition) is 3. The first-order chi connectivity index (χ1) is 51.4. The molecule has 0 aromatic carbocycles. The number of phosphoric acid groups is 2. The third-order valence-electron chi connectivity index (χ3n) is 19.8. The maximum Gasteiger partial charge on any atom is 0.472 e. The van der Waals surface area contributed by atoms with Crippen LogP contribution in [0, 0.1) is 11.8 Å². The van der Waals surface area contributed by atoms with E-state index in [0.29, 0.717) is 25.7 Å². The van der Waals surface area contributed by atoms with E-state index in [0.717, 1.165) is 115 Å². The van der Waals surface area contributed by atoms with Crippen LogP contribution in [0.5, 0.6) is 0 Å². The number of phosphoric ester groups is 2. The van der Waals surface area contributed by atoms with Gasteiger partial charge in [0.05, 0.1) is 26.4 Å². The lowest BCUT2D eigenvalue weighted by atomic mass is 10.0. The summed E-state index contributed by atoms with van der Waals surface area (Å²) in [6.07, 6.45) is 72.9. The third kappa shape index (κ3) is 79.6. The smallest absolute Gasteiger partial charge is 0.462 e. The zero-order valence-electron chi connectivity index (χ0n) is 69.2. The Morgan fingerprint density at radius 2 is 0.509 bits per heavy atom. The van der Waals surface area contributed by atoms with Crippen molar-refractivity contribution in [3.05, 3.63) is 24.3 Å². The van der Waals surface area contributed by atoms with Crippen LogP contribution in [0.2, 0.25) is 0 Å². The van der Waals surface area contributed by atoms with Crippen molar-refractivity contribution in [1.29, 1.82) is 0 Å². The lowest BCUT2D eigenvalue weighted by molar-refractivity contribution is -0.161. The number of carbonyl (C=O) groups excluding carboxylic acids is 4. The molecule has 0 fully saturated rings. The zero-order chi connectivity index (χ0) is 77.8. The molecule has 0 aliphatic rings. The summed E-state index contributed by atoms with van der Waals surface area (Å²) in [5.41, 5.74) is 0. The Labute approximate surface area is 650 Å². The van der Waals surface area contributed by atoms with Gasteiger partial charge < -0.3 is 33.8 Å². The largest absolute Gasteiger partial charge is 0.472 e. The van der Waals surface area contributed by atoms with E-state index in [1.54, 1.807) is 0 Å². The number of rotatable bonds is 84. The van der Waals surface area contributed by atoms with Gasteiger partial charge in [0.2, 0.25) is 0 Å². The van der Waals surface area contributed by atoms with Gasteiger partial charge in [0.25, 0.3) is 0 Å². The quantitative estimate of drug-likeness (QED) is 0.0169. The zero-order valence-corrected chi connectivity index (χ0v) is 71.0. The molecule has 5 atom stereocenters. The molecule has 0 rings (SSSR count). The number of unbranched alkanes of at least 4 members (excludes halogenated alkanes) is 51. The van der Waals surface area contributed by atoms with Gasteiger partial charge in [0.15, 0.2) is 12.2 Å². The number of hydrogen-bond acceptors (Lipinski definition) is 15. The Balaban J connectivity index is 5.28. The van der Waals surface area contributed by atoms with Crippen molar-refractivity contribution in [2.75, 3.05) is 39.6 Å². The molecule has 626 valence electrons. The molecule has 17 nitrogen and oxygen atoms in total. The number of aliphatic hydroxyl groups is 1. The van der Waals surface area contributed by atoms with Crippen molar-refractivity contribution in [3.8, 4) is 0 Å². The van der Waals surface area contributed by atoms with Crippen molar-refractivity contribution in [2.24, 2.45) is 11.8 Å². The van der Waals surface area contributed by atoms with Crippen LogP contribution < -0.4 is 0 Å². The molecule has 2 unspecified atom stereocenters. The highest BCUT2D eigenvalue weighted by molar-refractivity contribution is 7.47. The molecule has 0 spiro atoms. The minimum atomic E-state index is -4.97. The van der Waals surface area contributed by atoms with E-state index in [4.69, 9.17) is 37.0 Å². The average Bonchev–Trinajstić information content (AvgIpc) is 0.897. The molecule has 3 N–H and O–H groups in total. The van der Waals surface area contributed by atoms with Crippen molar-refractivity contribution >= 4 is 39.5 Å². The van der Waals surface area contributed by atoms with Gasteiger partial charge in [0, 0.05) is 25.7 Å². The number of ether oxygens (including phenoxy) is 4. The van der Waals surface area contributed by atoms with E-state index in [-0.39, 0.29) is 25.7 Å². The summed E-state index contributed by atoms with van der Waals surface area (Å²) in [7, 11) is -9.94. The van der Waals surface area contributed by atoms with Crippen LogP contribution in [0.3, 0.4) is 0 Å². The molecule has 0 aliphatic heterocycles. The second-order valence-electron chi connectivity index (χ2n) is 31.5. The molecule has 0 aromatic heterocycles. The van der Waals surface area contributed by atoms with Crippen molar-refractivity contribution < 1.29 is 80.2 Å². The van der Waals surface area contributed by atoms with Crippen LogP contribution in [-0.4, -0.2) is 96.7 Å². The Hall–Kier alpha value is -2.46. The Bertz CT molecular complexity index is 2120.